The van der Waals surface area contributed by atoms with E-state index in [2.05, 4.69) is 6.92 Å². The largest absolute Gasteiger partial charge is 0.294 e. The molecule has 0 bridgehead atoms. The number of carbonyl (C=O) groups excluding carboxylic acids is 2. The molecule has 0 unspecified atom stereocenters. The SMILES string of the molecule is CCCCCCCCCCCCCC(=O)C=C=O. The average molecular weight is 252 g/mol. The molecule has 2 nitrogen and oxygen atoms in total. The van der Waals surface area contributed by atoms with Gasteiger partial charge in [-0.2, -0.15) is 0 Å². The number of carbonyl (C=O) groups is 1. The maximum atomic E-state index is 11.0. The van der Waals surface area contributed by atoms with E-state index >= 15 is 0 Å². The minimum absolute atomic E-state index is 0.0825. The third-order valence-electron chi connectivity index (χ3n) is 3.25. The number of hydrogen-bond acceptors (Lipinski definition) is 2. The summed E-state index contributed by atoms with van der Waals surface area (Å²) in [6.45, 7) is 2.25. The van der Waals surface area contributed by atoms with Crippen molar-refractivity contribution >= 4 is 11.7 Å². The molecule has 0 saturated heterocycles. The molecule has 18 heavy (non-hydrogen) atoms. The number of rotatable bonds is 13. The fourth-order valence-corrected chi connectivity index (χ4v) is 2.10. The highest BCUT2D eigenvalue weighted by molar-refractivity contribution is 5.95. The Morgan fingerprint density at radius 1 is 0.833 bits per heavy atom. The number of allylic oxidation sites excluding steroid dienone is 1. The Bertz CT molecular complexity index is 239. The van der Waals surface area contributed by atoms with Crippen molar-refractivity contribution in [1.29, 1.82) is 0 Å². The normalized spacial score (nSPS) is 10.1. The Labute approximate surface area is 112 Å². The van der Waals surface area contributed by atoms with Crippen molar-refractivity contribution in [1.82, 2.24) is 0 Å². The summed E-state index contributed by atoms with van der Waals surface area (Å²) in [7, 11) is 0. The molecule has 0 fully saturated rings. The van der Waals surface area contributed by atoms with Crippen molar-refractivity contribution in [3.63, 3.8) is 0 Å². The van der Waals surface area contributed by atoms with Crippen molar-refractivity contribution in [3.8, 4) is 0 Å². The van der Waals surface area contributed by atoms with E-state index in [1.54, 1.807) is 0 Å². The van der Waals surface area contributed by atoms with Gasteiger partial charge in [0.2, 0.25) is 0 Å². The number of hydrogen-bond donors (Lipinski definition) is 0. The predicted octanol–water partition coefficient (Wildman–Crippen LogP) is 4.64. The van der Waals surface area contributed by atoms with Crippen molar-refractivity contribution in [3.05, 3.63) is 6.08 Å². The molecule has 0 aliphatic rings. The van der Waals surface area contributed by atoms with E-state index in [0.29, 0.717) is 6.42 Å². The summed E-state index contributed by atoms with van der Waals surface area (Å²) in [6.07, 6.45) is 15.6. The summed E-state index contributed by atoms with van der Waals surface area (Å²) in [6, 6.07) is 0. The molecule has 0 amide bonds. The maximum absolute atomic E-state index is 11.0. The quantitative estimate of drug-likeness (QED) is 0.272. The van der Waals surface area contributed by atoms with Crippen molar-refractivity contribution in [2.24, 2.45) is 0 Å². The van der Waals surface area contributed by atoms with Gasteiger partial charge in [-0.15, -0.1) is 0 Å². The first-order valence-corrected chi connectivity index (χ1v) is 7.55. The molecule has 0 atom stereocenters. The summed E-state index contributed by atoms with van der Waals surface area (Å²) in [5, 5.41) is 0. The summed E-state index contributed by atoms with van der Waals surface area (Å²) >= 11 is 0. The summed E-state index contributed by atoms with van der Waals surface area (Å²) in [5.74, 6) is 1.45. The maximum Gasteiger partial charge on any atom is 0.166 e. The first-order valence-electron chi connectivity index (χ1n) is 7.55. The summed E-state index contributed by atoms with van der Waals surface area (Å²) in [5.41, 5.74) is 0. The number of ketones is 1. The highest BCUT2D eigenvalue weighted by Crippen LogP contribution is 2.11. The smallest absolute Gasteiger partial charge is 0.166 e. The topological polar surface area (TPSA) is 34.1 Å². The summed E-state index contributed by atoms with van der Waals surface area (Å²) < 4.78 is 0. The van der Waals surface area contributed by atoms with Crippen molar-refractivity contribution < 1.29 is 9.59 Å². The minimum Gasteiger partial charge on any atom is -0.294 e. The van der Waals surface area contributed by atoms with Crippen LogP contribution in [0, 0.1) is 0 Å². The van der Waals surface area contributed by atoms with Crippen LogP contribution in [0.4, 0.5) is 0 Å². The van der Waals surface area contributed by atoms with Crippen LogP contribution < -0.4 is 0 Å². The molecule has 0 aromatic rings. The second kappa shape index (κ2) is 14.2. The van der Waals surface area contributed by atoms with Crippen LogP contribution in [0.2, 0.25) is 0 Å². The van der Waals surface area contributed by atoms with Crippen LogP contribution in [0.1, 0.15) is 84.0 Å². The molecule has 104 valence electrons. The van der Waals surface area contributed by atoms with Gasteiger partial charge in [0, 0.05) is 6.42 Å². The van der Waals surface area contributed by atoms with Crippen LogP contribution in [0.3, 0.4) is 0 Å². The Kier molecular flexibility index (Phi) is 13.5. The average Bonchev–Trinajstić information content (AvgIpc) is 2.36. The lowest BCUT2D eigenvalue weighted by Gasteiger charge is -2.01. The molecule has 0 aliphatic heterocycles. The molecule has 0 spiro atoms. The fourth-order valence-electron chi connectivity index (χ4n) is 2.10. The third-order valence-corrected chi connectivity index (χ3v) is 3.25. The van der Waals surface area contributed by atoms with Gasteiger partial charge in [0.05, 0.1) is 6.08 Å². The van der Waals surface area contributed by atoms with Gasteiger partial charge >= 0.3 is 0 Å². The van der Waals surface area contributed by atoms with Gasteiger partial charge in [-0.1, -0.05) is 71.1 Å². The zero-order chi connectivity index (χ0) is 13.5. The molecule has 0 rings (SSSR count). The van der Waals surface area contributed by atoms with Crippen LogP contribution in [-0.2, 0) is 9.59 Å². The molecule has 0 aliphatic carbocycles. The van der Waals surface area contributed by atoms with E-state index in [4.69, 9.17) is 0 Å². The van der Waals surface area contributed by atoms with Gasteiger partial charge in [0.15, 0.2) is 5.78 Å². The second-order valence-electron chi connectivity index (χ2n) is 5.01. The lowest BCUT2D eigenvalue weighted by atomic mass is 10.0. The molecular formula is C16H28O2. The second-order valence-corrected chi connectivity index (χ2v) is 5.01. The monoisotopic (exact) mass is 252 g/mol. The van der Waals surface area contributed by atoms with Gasteiger partial charge in [0.25, 0.3) is 0 Å². The van der Waals surface area contributed by atoms with Crippen LogP contribution in [0.25, 0.3) is 0 Å². The molecule has 0 N–H and O–H groups in total. The first-order chi connectivity index (χ1) is 8.81. The highest BCUT2D eigenvalue weighted by atomic mass is 16.1. The highest BCUT2D eigenvalue weighted by Gasteiger charge is 1.97. The third kappa shape index (κ3) is 13.2. The Hall–Kier alpha value is -0.880. The lowest BCUT2D eigenvalue weighted by molar-refractivity contribution is -0.114. The molecule has 0 aromatic carbocycles. The van der Waals surface area contributed by atoms with Gasteiger partial charge in [-0.25, -0.2) is 4.79 Å². The van der Waals surface area contributed by atoms with Crippen molar-refractivity contribution in [2.45, 2.75) is 84.0 Å². The van der Waals surface area contributed by atoms with Crippen LogP contribution in [0.5, 0.6) is 0 Å². The molecule has 0 radical (unpaired) electrons. The molecule has 0 heterocycles. The summed E-state index contributed by atoms with van der Waals surface area (Å²) in [4.78, 5) is 20.9. The lowest BCUT2D eigenvalue weighted by Crippen LogP contribution is -1.92. The molecule has 0 aromatic heterocycles. The van der Waals surface area contributed by atoms with Gasteiger partial charge < -0.3 is 0 Å². The molecular weight excluding hydrogens is 224 g/mol. The van der Waals surface area contributed by atoms with E-state index in [0.717, 1.165) is 18.9 Å². The van der Waals surface area contributed by atoms with Gasteiger partial charge in [-0.3, -0.25) is 4.79 Å². The fraction of sp³-hybridized carbons (Fsp3) is 0.812. The number of unbranched alkanes of at least 4 members (excludes halogenated alkanes) is 10. The Morgan fingerprint density at radius 3 is 1.72 bits per heavy atom. The Morgan fingerprint density at radius 2 is 1.28 bits per heavy atom. The molecule has 0 saturated carbocycles. The van der Waals surface area contributed by atoms with Gasteiger partial charge in [-0.05, 0) is 6.42 Å². The van der Waals surface area contributed by atoms with Crippen molar-refractivity contribution in [2.75, 3.05) is 0 Å². The van der Waals surface area contributed by atoms with E-state index in [1.807, 2.05) is 0 Å². The van der Waals surface area contributed by atoms with E-state index in [1.165, 1.54) is 63.7 Å². The minimum atomic E-state index is -0.0825. The van der Waals surface area contributed by atoms with E-state index in [-0.39, 0.29) is 5.78 Å². The van der Waals surface area contributed by atoms with Crippen LogP contribution in [-0.4, -0.2) is 11.7 Å². The zero-order valence-electron chi connectivity index (χ0n) is 11.9. The molecule has 2 heteroatoms. The van der Waals surface area contributed by atoms with Crippen LogP contribution >= 0.6 is 0 Å². The van der Waals surface area contributed by atoms with E-state index in [9.17, 15) is 9.59 Å². The van der Waals surface area contributed by atoms with E-state index < -0.39 is 0 Å². The standard InChI is InChI=1S/C16H28O2/c1-2-3-4-5-6-7-8-9-10-11-12-13-16(18)14-15-17/h14H,2-13H2,1H3. The van der Waals surface area contributed by atoms with Crippen LogP contribution in [0.15, 0.2) is 6.08 Å². The Balaban J connectivity index is 3.07. The first kappa shape index (κ1) is 17.1. The zero-order valence-corrected chi connectivity index (χ0v) is 11.9. The van der Waals surface area contributed by atoms with Gasteiger partial charge in [0.1, 0.15) is 5.94 Å². The predicted molar refractivity (Wildman–Crippen MR) is 76.3 cm³/mol.